The third-order valence-corrected chi connectivity index (χ3v) is 5.51. The third-order valence-electron chi connectivity index (χ3n) is 3.84. The van der Waals surface area contributed by atoms with E-state index in [1.54, 1.807) is 17.1 Å². The minimum atomic E-state index is -3.01. The van der Waals surface area contributed by atoms with Gasteiger partial charge in [0.15, 0.2) is 15.7 Å². The highest BCUT2D eigenvalue weighted by Gasteiger charge is 2.34. The number of rotatable bonds is 4. The smallest absolute Gasteiger partial charge is 0.153 e. The average Bonchev–Trinajstić information content (AvgIpc) is 3.09. The van der Waals surface area contributed by atoms with Crippen LogP contribution in [-0.2, 0) is 9.84 Å². The molecule has 0 saturated heterocycles. The summed E-state index contributed by atoms with van der Waals surface area (Å²) in [6, 6.07) is 5.57. The number of hydrogen-bond donors (Lipinski definition) is 1. The molecule has 0 aromatic carbocycles. The Morgan fingerprint density at radius 2 is 2.19 bits per heavy atom. The van der Waals surface area contributed by atoms with Crippen molar-refractivity contribution >= 4 is 15.5 Å². The molecule has 2 heterocycles. The van der Waals surface area contributed by atoms with Gasteiger partial charge in [-0.15, -0.1) is 0 Å². The van der Waals surface area contributed by atoms with E-state index in [0.717, 1.165) is 30.8 Å². The normalized spacial score (nSPS) is 22.3. The van der Waals surface area contributed by atoms with Crippen molar-refractivity contribution in [3.8, 4) is 5.82 Å². The molecular weight excluding hydrogens is 288 g/mol. The summed E-state index contributed by atoms with van der Waals surface area (Å²) in [7, 11) is -3.01. The van der Waals surface area contributed by atoms with Crippen molar-refractivity contribution in [2.45, 2.75) is 30.6 Å². The molecule has 3 rings (SSSR count). The van der Waals surface area contributed by atoms with Crippen molar-refractivity contribution in [3.05, 3.63) is 36.8 Å². The molecule has 0 spiro atoms. The Labute approximate surface area is 124 Å². The second-order valence-electron chi connectivity index (χ2n) is 5.41. The Morgan fingerprint density at radius 1 is 1.33 bits per heavy atom. The van der Waals surface area contributed by atoms with Gasteiger partial charge in [-0.2, -0.15) is 5.10 Å². The molecule has 0 amide bonds. The lowest BCUT2D eigenvalue weighted by Crippen LogP contribution is -2.34. The Kier molecular flexibility index (Phi) is 3.67. The summed E-state index contributed by atoms with van der Waals surface area (Å²) in [6.07, 6.45) is 9.10. The summed E-state index contributed by atoms with van der Waals surface area (Å²) < 4.78 is 25.2. The van der Waals surface area contributed by atoms with Crippen LogP contribution in [0, 0.1) is 0 Å². The molecule has 1 aliphatic rings. The number of nitrogens with one attached hydrogen (secondary N) is 1. The monoisotopic (exact) mass is 306 g/mol. The van der Waals surface area contributed by atoms with E-state index in [1.165, 1.54) is 6.26 Å². The number of anilines is 1. The zero-order chi connectivity index (χ0) is 14.9. The maximum absolute atomic E-state index is 11.8. The van der Waals surface area contributed by atoms with Crippen LogP contribution < -0.4 is 5.32 Å². The first-order valence-corrected chi connectivity index (χ1v) is 8.91. The number of hydrogen-bond acceptors (Lipinski definition) is 5. The number of aromatic nitrogens is 3. The lowest BCUT2D eigenvalue weighted by atomic mass is 10.2. The van der Waals surface area contributed by atoms with Gasteiger partial charge in [0.25, 0.3) is 0 Å². The van der Waals surface area contributed by atoms with Gasteiger partial charge in [-0.25, -0.2) is 18.1 Å². The van der Waals surface area contributed by atoms with Crippen LogP contribution in [0.25, 0.3) is 5.82 Å². The topological polar surface area (TPSA) is 76.9 Å². The van der Waals surface area contributed by atoms with Crippen LogP contribution in [0.3, 0.4) is 0 Å². The van der Waals surface area contributed by atoms with Crippen molar-refractivity contribution in [1.29, 1.82) is 0 Å². The van der Waals surface area contributed by atoms with Gasteiger partial charge < -0.3 is 5.32 Å². The largest absolute Gasteiger partial charge is 0.380 e. The Balaban J connectivity index is 1.73. The van der Waals surface area contributed by atoms with Crippen LogP contribution in [0.4, 0.5) is 5.69 Å². The first-order chi connectivity index (χ1) is 10.0. The van der Waals surface area contributed by atoms with E-state index >= 15 is 0 Å². The Hall–Kier alpha value is -1.89. The first kappa shape index (κ1) is 14.1. The fourth-order valence-corrected chi connectivity index (χ4v) is 4.22. The molecule has 1 saturated carbocycles. The van der Waals surface area contributed by atoms with Crippen LogP contribution in [0.1, 0.15) is 19.3 Å². The first-order valence-electron chi connectivity index (χ1n) is 6.95. The number of sulfone groups is 1. The van der Waals surface area contributed by atoms with E-state index in [1.807, 2.05) is 24.4 Å². The third kappa shape index (κ3) is 3.07. The maximum Gasteiger partial charge on any atom is 0.153 e. The predicted octanol–water partition coefficient (Wildman–Crippen LogP) is 1.64. The van der Waals surface area contributed by atoms with Crippen LogP contribution in [0.5, 0.6) is 0 Å². The van der Waals surface area contributed by atoms with Crippen LogP contribution >= 0.6 is 0 Å². The highest BCUT2D eigenvalue weighted by molar-refractivity contribution is 7.91. The molecule has 21 heavy (non-hydrogen) atoms. The summed E-state index contributed by atoms with van der Waals surface area (Å²) in [5, 5.41) is 7.11. The van der Waals surface area contributed by atoms with Crippen molar-refractivity contribution in [3.63, 3.8) is 0 Å². The summed E-state index contributed by atoms with van der Waals surface area (Å²) >= 11 is 0. The van der Waals surface area contributed by atoms with E-state index in [0.29, 0.717) is 0 Å². The predicted molar refractivity (Wildman–Crippen MR) is 81.3 cm³/mol. The number of nitrogens with zero attached hydrogens (tertiary/aromatic N) is 3. The molecule has 1 aliphatic carbocycles. The summed E-state index contributed by atoms with van der Waals surface area (Å²) in [4.78, 5) is 4.34. The molecule has 2 aromatic rings. The maximum atomic E-state index is 11.8. The van der Waals surface area contributed by atoms with Gasteiger partial charge in [0.2, 0.25) is 0 Å². The molecule has 7 heteroatoms. The molecule has 1 fully saturated rings. The molecule has 0 bridgehead atoms. The van der Waals surface area contributed by atoms with E-state index < -0.39 is 9.84 Å². The van der Waals surface area contributed by atoms with Crippen LogP contribution in [-0.4, -0.2) is 40.7 Å². The molecule has 112 valence electrons. The van der Waals surface area contributed by atoms with Gasteiger partial charge in [0.05, 0.1) is 17.1 Å². The van der Waals surface area contributed by atoms with Gasteiger partial charge in [-0.1, -0.05) is 0 Å². The van der Waals surface area contributed by atoms with Gasteiger partial charge in [-0.3, -0.25) is 0 Å². The van der Waals surface area contributed by atoms with Crippen molar-refractivity contribution in [2.75, 3.05) is 11.6 Å². The molecular formula is C14H18N4O2S. The zero-order valence-corrected chi connectivity index (χ0v) is 12.6. The van der Waals surface area contributed by atoms with Gasteiger partial charge in [-0.05, 0) is 37.5 Å². The van der Waals surface area contributed by atoms with E-state index in [-0.39, 0.29) is 11.3 Å². The summed E-state index contributed by atoms with van der Waals surface area (Å²) in [5.41, 5.74) is 0.839. The molecule has 2 aromatic heterocycles. The van der Waals surface area contributed by atoms with Crippen LogP contribution in [0.2, 0.25) is 0 Å². The average molecular weight is 306 g/mol. The fraction of sp³-hybridized carbons (Fsp3) is 0.429. The highest BCUT2D eigenvalue weighted by Crippen LogP contribution is 2.27. The second-order valence-corrected chi connectivity index (χ2v) is 7.67. The Bertz CT molecular complexity index is 695. The highest BCUT2D eigenvalue weighted by atomic mass is 32.2. The van der Waals surface area contributed by atoms with E-state index in [9.17, 15) is 8.42 Å². The number of pyridine rings is 1. The van der Waals surface area contributed by atoms with Gasteiger partial charge in [0, 0.05) is 24.7 Å². The summed E-state index contributed by atoms with van der Waals surface area (Å²) in [5.74, 6) is 0.733. The van der Waals surface area contributed by atoms with E-state index in [4.69, 9.17) is 0 Å². The van der Waals surface area contributed by atoms with Crippen molar-refractivity contribution in [2.24, 2.45) is 0 Å². The fourth-order valence-electron chi connectivity index (χ4n) is 2.83. The minimum Gasteiger partial charge on any atom is -0.380 e. The minimum absolute atomic E-state index is 0.0302. The summed E-state index contributed by atoms with van der Waals surface area (Å²) in [6.45, 7) is 0. The lowest BCUT2D eigenvalue weighted by Gasteiger charge is -2.20. The van der Waals surface area contributed by atoms with Gasteiger partial charge in [0.1, 0.15) is 0 Å². The van der Waals surface area contributed by atoms with E-state index in [2.05, 4.69) is 15.4 Å². The van der Waals surface area contributed by atoms with Gasteiger partial charge >= 0.3 is 0 Å². The molecule has 6 nitrogen and oxygen atoms in total. The standard InChI is InChI=1S/C14H18N4O2S/c1-21(19,20)13-5-2-4-12(13)17-11-6-7-14(15-10-11)18-9-3-8-16-18/h3,6-10,12-13,17H,2,4-5H2,1H3. The molecule has 1 N–H and O–H groups in total. The quantitative estimate of drug-likeness (QED) is 0.929. The Morgan fingerprint density at radius 3 is 2.81 bits per heavy atom. The molecule has 0 radical (unpaired) electrons. The second kappa shape index (κ2) is 5.48. The molecule has 2 unspecified atom stereocenters. The molecule has 2 atom stereocenters. The van der Waals surface area contributed by atoms with Crippen LogP contribution in [0.15, 0.2) is 36.8 Å². The SMILES string of the molecule is CS(=O)(=O)C1CCCC1Nc1ccc(-n2cccn2)nc1. The molecule has 0 aliphatic heterocycles. The van der Waals surface area contributed by atoms with Crippen molar-refractivity contribution < 1.29 is 8.42 Å². The lowest BCUT2D eigenvalue weighted by molar-refractivity contribution is 0.579. The zero-order valence-electron chi connectivity index (χ0n) is 11.8. The van der Waals surface area contributed by atoms with Crippen molar-refractivity contribution in [1.82, 2.24) is 14.8 Å².